The highest BCUT2D eigenvalue weighted by Gasteiger charge is 2.36. The van der Waals surface area contributed by atoms with E-state index in [9.17, 15) is 63.0 Å². The molecule has 11 atom stereocenters. The van der Waals surface area contributed by atoms with E-state index in [2.05, 4.69) is 65.4 Å². The van der Waals surface area contributed by atoms with Gasteiger partial charge < -0.3 is 97.4 Å². The van der Waals surface area contributed by atoms with Gasteiger partial charge in [0.15, 0.2) is 0 Å². The molecule has 1 fully saturated rings. The van der Waals surface area contributed by atoms with Crippen LogP contribution in [0.15, 0.2) is 0 Å². The van der Waals surface area contributed by atoms with Crippen LogP contribution in [0, 0.1) is 5.92 Å². The summed E-state index contributed by atoms with van der Waals surface area (Å²) in [5.74, 6) is -10.2. The predicted molar refractivity (Wildman–Crippen MR) is 278 cm³/mol. The zero-order valence-corrected chi connectivity index (χ0v) is 44.5. The molecule has 0 radical (unpaired) electrons. The lowest BCUT2D eigenvalue weighted by Crippen LogP contribution is -2.61. The van der Waals surface area contributed by atoms with E-state index in [-0.39, 0.29) is 71.2 Å². The van der Waals surface area contributed by atoms with Gasteiger partial charge in [0.2, 0.25) is 65.0 Å². The zero-order valence-electron chi connectivity index (χ0n) is 44.5. The van der Waals surface area contributed by atoms with Gasteiger partial charge >= 0.3 is 0 Å². The van der Waals surface area contributed by atoms with Crippen molar-refractivity contribution in [3.05, 3.63) is 0 Å². The number of unbranched alkanes of at least 4 members (excludes halogenated alkanes) is 4. The molecule has 0 aromatic rings. The first-order valence-corrected chi connectivity index (χ1v) is 26.2. The fourth-order valence-corrected chi connectivity index (χ4v) is 7.75. The minimum absolute atomic E-state index is 0.00774. The van der Waals surface area contributed by atoms with E-state index in [1.165, 1.54) is 6.92 Å². The molecular formula is C47H88N16O13. The lowest BCUT2D eigenvalue weighted by atomic mass is 9.97. The minimum Gasteiger partial charge on any atom is -0.394 e. The summed E-state index contributed by atoms with van der Waals surface area (Å²) in [6.45, 7) is 3.94. The first-order valence-electron chi connectivity index (χ1n) is 26.2. The summed E-state index contributed by atoms with van der Waals surface area (Å²) in [6.07, 6.45) is 2.20. The molecule has 0 saturated carbocycles. The minimum atomic E-state index is -1.68. The Morgan fingerprint density at radius 1 is 0.592 bits per heavy atom. The molecule has 0 spiro atoms. The van der Waals surface area contributed by atoms with Crippen LogP contribution in [-0.4, -0.2) is 188 Å². The molecule has 11 amide bonds. The van der Waals surface area contributed by atoms with Crippen LogP contribution in [0.4, 0.5) is 0 Å². The van der Waals surface area contributed by atoms with E-state index in [1.54, 1.807) is 13.8 Å². The highest BCUT2D eigenvalue weighted by Crippen LogP contribution is 2.11. The van der Waals surface area contributed by atoms with Crippen molar-refractivity contribution in [1.29, 1.82) is 0 Å². The van der Waals surface area contributed by atoms with Crippen molar-refractivity contribution in [2.24, 2.45) is 34.6 Å². The van der Waals surface area contributed by atoms with Crippen LogP contribution in [0.2, 0.25) is 0 Å². The standard InChI is InChI=1S/C47H88N16O13/c1-5-7-8-9-10-11-35(66)55-29(13-19-49)45(74)63-38(27(4)65)47(76)60-32(16-22-52)42(71)58-33-17-23-53-40(69)34(25-64)61-43(72)30(14-20-50)57-41(70)31(15-21-51)59-46(75)37(26(3)6-2)62-36(67)24-54-39(68)28(12-18-48)56-44(33)73/h26-34,37-38,64-65H,5-25,48-52H2,1-4H3,(H,53,69)(H,54,68)(H,55,66)(H,56,73)(H,57,70)(H,58,71)(H,59,75)(H,60,76)(H,61,72)(H,62,67)(H,63,74)/t26-,27+,28-,29-,30-,31-,32-,33-,34-,37-,38-/m0/s1. The maximum Gasteiger partial charge on any atom is 0.245 e. The molecule has 76 heavy (non-hydrogen) atoms. The molecule has 0 aromatic heterocycles. The molecule has 29 heteroatoms. The van der Waals surface area contributed by atoms with E-state index >= 15 is 0 Å². The Balaban J connectivity index is 3.61. The fourth-order valence-electron chi connectivity index (χ4n) is 7.75. The average Bonchev–Trinajstić information content (AvgIpc) is 3.38. The van der Waals surface area contributed by atoms with Gasteiger partial charge in [0, 0.05) is 13.0 Å². The summed E-state index contributed by atoms with van der Waals surface area (Å²) >= 11 is 0. The molecule has 1 saturated heterocycles. The Morgan fingerprint density at radius 3 is 1.63 bits per heavy atom. The van der Waals surface area contributed by atoms with Gasteiger partial charge in [0.25, 0.3) is 0 Å². The Kier molecular flexibility index (Phi) is 33.6. The quantitative estimate of drug-likeness (QED) is 0.0340. The van der Waals surface area contributed by atoms with E-state index in [1.807, 2.05) is 0 Å². The summed E-state index contributed by atoms with van der Waals surface area (Å²) in [6, 6.07) is -13.0. The summed E-state index contributed by atoms with van der Waals surface area (Å²) < 4.78 is 0. The topological polar surface area (TPSA) is 491 Å². The van der Waals surface area contributed by atoms with E-state index in [0.29, 0.717) is 12.8 Å². The van der Waals surface area contributed by atoms with Gasteiger partial charge in [-0.1, -0.05) is 52.9 Å². The first-order chi connectivity index (χ1) is 36.2. The van der Waals surface area contributed by atoms with E-state index < -0.39 is 157 Å². The summed E-state index contributed by atoms with van der Waals surface area (Å²) in [5.41, 5.74) is 28.9. The number of nitrogens with two attached hydrogens (primary N) is 5. The third-order valence-electron chi connectivity index (χ3n) is 12.4. The summed E-state index contributed by atoms with van der Waals surface area (Å²) in [4.78, 5) is 149. The van der Waals surface area contributed by atoms with Gasteiger partial charge in [-0.2, -0.15) is 0 Å². The number of carbonyl (C=O) groups is 11. The van der Waals surface area contributed by atoms with Crippen molar-refractivity contribution in [3.63, 3.8) is 0 Å². The maximum absolute atomic E-state index is 14.1. The number of amides is 11. The smallest absolute Gasteiger partial charge is 0.245 e. The third kappa shape index (κ3) is 24.7. The van der Waals surface area contributed by atoms with Crippen molar-refractivity contribution in [3.8, 4) is 0 Å². The Morgan fingerprint density at radius 2 is 1.11 bits per heavy atom. The number of aliphatic hydroxyl groups is 2. The lowest BCUT2D eigenvalue weighted by Gasteiger charge is -2.28. The molecule has 434 valence electrons. The van der Waals surface area contributed by atoms with E-state index in [4.69, 9.17) is 28.7 Å². The SMILES string of the molecule is CCCCCCCC(=O)N[C@@H](CCN)C(=O)N[C@H](C(=O)N[C@@H](CCN)C(=O)N[C@H]1CCNC(=O)[C@H](CO)NC(=O)[C@H](CCN)NC(=O)[C@H](CCN)NC(=O)[C@H]([C@@H](C)CC)NC(=O)CNC(=O)[C@H](CCN)NC1=O)[C@@H](C)O. The second-order valence-corrected chi connectivity index (χ2v) is 18.7. The summed E-state index contributed by atoms with van der Waals surface area (Å²) in [7, 11) is 0. The number of rotatable bonds is 27. The van der Waals surface area contributed by atoms with Gasteiger partial charge in [-0.3, -0.25) is 52.7 Å². The second-order valence-electron chi connectivity index (χ2n) is 18.7. The Labute approximate surface area is 444 Å². The molecule has 29 nitrogen and oxygen atoms in total. The molecule has 0 unspecified atom stereocenters. The molecule has 0 aliphatic carbocycles. The highest BCUT2D eigenvalue weighted by molar-refractivity contribution is 5.98. The molecule has 1 rings (SSSR count). The molecule has 1 aliphatic heterocycles. The lowest BCUT2D eigenvalue weighted by molar-refractivity contribution is -0.136. The zero-order chi connectivity index (χ0) is 57.3. The maximum atomic E-state index is 14.1. The van der Waals surface area contributed by atoms with Crippen molar-refractivity contribution >= 4 is 65.0 Å². The van der Waals surface area contributed by atoms with Crippen LogP contribution in [0.25, 0.3) is 0 Å². The number of carbonyl (C=O) groups excluding carboxylic acids is 11. The Bertz CT molecular complexity index is 1900. The molecule has 23 N–H and O–H groups in total. The molecular weight excluding hydrogens is 997 g/mol. The van der Waals surface area contributed by atoms with Crippen LogP contribution in [-0.2, 0) is 52.7 Å². The first kappa shape index (κ1) is 67.9. The van der Waals surface area contributed by atoms with Gasteiger partial charge in [0.05, 0.1) is 19.3 Å². The largest absolute Gasteiger partial charge is 0.394 e. The van der Waals surface area contributed by atoms with Crippen LogP contribution >= 0.6 is 0 Å². The van der Waals surface area contributed by atoms with Gasteiger partial charge in [0.1, 0.15) is 54.4 Å². The number of nitrogens with one attached hydrogen (secondary N) is 11. The van der Waals surface area contributed by atoms with Crippen LogP contribution in [0.3, 0.4) is 0 Å². The van der Waals surface area contributed by atoms with E-state index in [0.717, 1.165) is 25.7 Å². The molecule has 0 aromatic carbocycles. The third-order valence-corrected chi connectivity index (χ3v) is 12.4. The normalized spacial score (nSPS) is 22.8. The van der Waals surface area contributed by atoms with Crippen molar-refractivity contribution in [2.75, 3.05) is 52.4 Å². The van der Waals surface area contributed by atoms with Crippen molar-refractivity contribution < 1.29 is 63.0 Å². The number of hydrogen-bond donors (Lipinski definition) is 18. The summed E-state index contributed by atoms with van der Waals surface area (Å²) in [5, 5.41) is 48.0. The monoisotopic (exact) mass is 1080 g/mol. The second kappa shape index (κ2) is 37.6. The predicted octanol–water partition coefficient (Wildman–Crippen LogP) is -7.49. The molecule has 1 heterocycles. The average molecular weight is 1090 g/mol. The van der Waals surface area contributed by atoms with Crippen LogP contribution in [0.5, 0.6) is 0 Å². The molecule has 1 aliphatic rings. The molecule has 0 bridgehead atoms. The van der Waals surface area contributed by atoms with Crippen LogP contribution < -0.4 is 87.2 Å². The van der Waals surface area contributed by atoms with Gasteiger partial charge in [-0.05, 0) is 90.5 Å². The van der Waals surface area contributed by atoms with Crippen LogP contribution in [0.1, 0.15) is 111 Å². The number of aliphatic hydroxyl groups excluding tert-OH is 2. The van der Waals surface area contributed by atoms with Gasteiger partial charge in [-0.15, -0.1) is 0 Å². The highest BCUT2D eigenvalue weighted by atomic mass is 16.3. The van der Waals surface area contributed by atoms with Crippen molar-refractivity contribution in [1.82, 2.24) is 58.5 Å². The van der Waals surface area contributed by atoms with Crippen molar-refractivity contribution in [2.45, 2.75) is 172 Å². The fraction of sp³-hybridized carbons (Fsp3) is 0.766. The number of hydrogen-bond acceptors (Lipinski definition) is 18. The Hall–Kier alpha value is -6.11. The van der Waals surface area contributed by atoms with Gasteiger partial charge in [-0.25, -0.2) is 0 Å².